The number of amides is 4. The van der Waals surface area contributed by atoms with Crippen LogP contribution in [0.15, 0.2) is 40.1 Å². The van der Waals surface area contributed by atoms with E-state index in [1.807, 2.05) is 44.2 Å². The molecule has 15 heteroatoms. The van der Waals surface area contributed by atoms with Gasteiger partial charge in [0.15, 0.2) is 5.69 Å². The number of rotatable bonds is 6. The van der Waals surface area contributed by atoms with Crippen LogP contribution in [0.3, 0.4) is 0 Å². The Kier molecular flexibility index (Phi) is 11.7. The minimum absolute atomic E-state index is 0.0538. The number of carbonyl (C=O) groups excluding carboxylic acids is 4. The lowest BCUT2D eigenvalue weighted by molar-refractivity contribution is -0.131. The van der Waals surface area contributed by atoms with E-state index in [1.165, 1.54) is 16.2 Å². The zero-order valence-electron chi connectivity index (χ0n) is 26.4. The molecule has 0 saturated heterocycles. The molecule has 0 fully saturated rings. The van der Waals surface area contributed by atoms with Gasteiger partial charge in [-0.15, -0.1) is 11.3 Å². The number of aryl methyl sites for hydroxylation is 1. The highest BCUT2D eigenvalue weighted by Gasteiger charge is 2.29. The minimum atomic E-state index is -3.36. The Balaban J connectivity index is 1.64. The van der Waals surface area contributed by atoms with Gasteiger partial charge in [0.25, 0.3) is 11.8 Å². The molecule has 3 aromatic rings. The first-order valence-corrected chi connectivity index (χ1v) is 18.1. The molecule has 46 heavy (non-hydrogen) atoms. The molecule has 2 aromatic heterocycles. The summed E-state index contributed by atoms with van der Waals surface area (Å²) < 4.78 is 29.3. The molecule has 0 unspecified atom stereocenters. The van der Waals surface area contributed by atoms with Gasteiger partial charge < -0.3 is 25.3 Å². The van der Waals surface area contributed by atoms with Crippen molar-refractivity contribution >= 4 is 44.8 Å². The lowest BCUT2D eigenvalue weighted by Gasteiger charge is -2.23. The molecule has 0 spiro atoms. The van der Waals surface area contributed by atoms with Gasteiger partial charge in [-0.3, -0.25) is 19.2 Å². The summed E-state index contributed by atoms with van der Waals surface area (Å²) in [5, 5.41) is 10.9. The number of hydrogen-bond acceptors (Lipinski definition) is 10. The highest BCUT2D eigenvalue weighted by Crippen LogP contribution is 2.27. The molecule has 13 nitrogen and oxygen atoms in total. The zero-order valence-corrected chi connectivity index (χ0v) is 28.0. The van der Waals surface area contributed by atoms with Crippen molar-refractivity contribution < 1.29 is 32.0 Å². The number of thiazole rings is 1. The number of hydrogen-bond donors (Lipinski definition) is 3. The quantitative estimate of drug-likeness (QED) is 0.355. The lowest BCUT2D eigenvalue weighted by atomic mass is 10.0. The topological polar surface area (TPSA) is 181 Å². The normalized spacial score (nSPS) is 18.9. The number of oxazole rings is 1. The number of aromatic nitrogens is 2. The van der Waals surface area contributed by atoms with E-state index >= 15 is 0 Å². The van der Waals surface area contributed by atoms with Gasteiger partial charge in [0.1, 0.15) is 32.3 Å². The average molecular weight is 673 g/mol. The van der Waals surface area contributed by atoms with Crippen LogP contribution in [0.2, 0.25) is 0 Å². The second-order valence-electron chi connectivity index (χ2n) is 11.7. The summed E-state index contributed by atoms with van der Waals surface area (Å²) >= 11 is 1.24. The SMILES string of the molecule is Cc1oc2nc1C(=O)N[C@@H](C(C)C)c1nc(cs1)C(=O)NCCN(C(=O)CCS(C)(=O)=O)CCCC(=O)N[C@H]2Cc1ccccc1. The Morgan fingerprint density at radius 1 is 1.09 bits per heavy atom. The van der Waals surface area contributed by atoms with E-state index in [0.717, 1.165) is 11.8 Å². The molecule has 3 N–H and O–H groups in total. The van der Waals surface area contributed by atoms with Crippen molar-refractivity contribution in [2.75, 3.05) is 31.6 Å². The number of benzene rings is 1. The standard InChI is InChI=1S/C31H40N6O7S2/c1-19(2)26-31-34-23(18-45-31)28(40)32-13-15-37(25(39)12-16-46(4,42)43)14-8-11-24(38)33-22(17-21-9-6-5-7-10-21)30-36-27(20(3)44-30)29(41)35-26/h5-7,9-10,18-19,22,26H,8,11-17H2,1-4H3,(H,32,40)(H,33,38)(H,35,41)/t22-,26-/m0/s1. The van der Waals surface area contributed by atoms with E-state index in [0.29, 0.717) is 11.4 Å². The van der Waals surface area contributed by atoms with E-state index in [4.69, 9.17) is 4.42 Å². The van der Waals surface area contributed by atoms with Gasteiger partial charge in [0.05, 0.1) is 11.8 Å². The van der Waals surface area contributed by atoms with Crippen molar-refractivity contribution in [3.63, 3.8) is 0 Å². The van der Waals surface area contributed by atoms with Crippen LogP contribution in [0.1, 0.15) is 88.4 Å². The van der Waals surface area contributed by atoms with Gasteiger partial charge in [0.2, 0.25) is 17.7 Å². The van der Waals surface area contributed by atoms with Crippen LogP contribution in [0.25, 0.3) is 0 Å². The first-order chi connectivity index (χ1) is 21.8. The highest BCUT2D eigenvalue weighted by atomic mass is 32.2. The molecule has 0 radical (unpaired) electrons. The van der Waals surface area contributed by atoms with Crippen LogP contribution in [-0.4, -0.2) is 78.6 Å². The molecule has 1 aliphatic rings. The van der Waals surface area contributed by atoms with Crippen LogP contribution in [0.5, 0.6) is 0 Å². The van der Waals surface area contributed by atoms with Gasteiger partial charge in [0, 0.05) is 50.5 Å². The van der Waals surface area contributed by atoms with E-state index in [2.05, 4.69) is 25.9 Å². The summed E-state index contributed by atoms with van der Waals surface area (Å²) in [5.41, 5.74) is 1.18. The maximum Gasteiger partial charge on any atom is 0.274 e. The van der Waals surface area contributed by atoms with Gasteiger partial charge in [-0.1, -0.05) is 44.2 Å². The number of fused-ring (bicyclic) bond motifs is 4. The summed E-state index contributed by atoms with van der Waals surface area (Å²) in [6.45, 7) is 5.87. The second kappa shape index (κ2) is 15.5. The average Bonchev–Trinajstić information content (AvgIpc) is 3.64. The smallest absolute Gasteiger partial charge is 0.274 e. The summed E-state index contributed by atoms with van der Waals surface area (Å²) in [5.74, 6) is -1.53. The summed E-state index contributed by atoms with van der Waals surface area (Å²) in [7, 11) is -3.36. The molecule has 1 aromatic carbocycles. The maximum atomic E-state index is 13.5. The number of carbonyl (C=O) groups is 4. The summed E-state index contributed by atoms with van der Waals surface area (Å²) in [4.78, 5) is 63.0. The van der Waals surface area contributed by atoms with E-state index in [-0.39, 0.29) is 79.5 Å². The van der Waals surface area contributed by atoms with E-state index < -0.39 is 39.6 Å². The number of nitrogens with one attached hydrogen (secondary N) is 3. The van der Waals surface area contributed by atoms with Crippen molar-refractivity contribution in [2.45, 2.75) is 58.5 Å². The highest BCUT2D eigenvalue weighted by molar-refractivity contribution is 7.90. The molecular formula is C31H40N6O7S2. The first kappa shape index (κ1) is 34.8. The van der Waals surface area contributed by atoms with Gasteiger partial charge in [-0.25, -0.2) is 18.4 Å². The van der Waals surface area contributed by atoms with Gasteiger partial charge >= 0.3 is 0 Å². The van der Waals surface area contributed by atoms with Crippen molar-refractivity contribution in [1.29, 1.82) is 0 Å². The molecule has 248 valence electrons. The first-order valence-electron chi connectivity index (χ1n) is 15.1. The number of nitrogens with zero attached hydrogens (tertiary/aromatic N) is 3. The Bertz CT molecular complexity index is 1650. The molecule has 0 aliphatic carbocycles. The molecule has 4 bridgehead atoms. The third-order valence-electron chi connectivity index (χ3n) is 7.46. The van der Waals surface area contributed by atoms with Crippen LogP contribution in [0.4, 0.5) is 0 Å². The second-order valence-corrected chi connectivity index (χ2v) is 14.8. The van der Waals surface area contributed by atoms with Crippen molar-refractivity contribution in [3.05, 3.63) is 69.3 Å². The molecule has 0 saturated carbocycles. The Labute approximate surface area is 272 Å². The molecule has 1 aliphatic heterocycles. The monoisotopic (exact) mass is 672 g/mol. The fraction of sp³-hybridized carbons (Fsp3) is 0.484. The molecular weight excluding hydrogens is 633 g/mol. The van der Waals surface area contributed by atoms with E-state index in [1.54, 1.807) is 12.3 Å². The van der Waals surface area contributed by atoms with Crippen molar-refractivity contribution in [2.24, 2.45) is 5.92 Å². The lowest BCUT2D eigenvalue weighted by Crippen LogP contribution is -2.40. The number of sulfone groups is 1. The Hall–Kier alpha value is -4.11. The third kappa shape index (κ3) is 9.69. The Morgan fingerprint density at radius 3 is 2.52 bits per heavy atom. The van der Waals surface area contributed by atoms with Crippen LogP contribution in [-0.2, 0) is 25.8 Å². The van der Waals surface area contributed by atoms with Gasteiger partial charge in [-0.2, -0.15) is 0 Å². The fourth-order valence-electron chi connectivity index (χ4n) is 4.97. The minimum Gasteiger partial charge on any atom is -0.443 e. The van der Waals surface area contributed by atoms with Crippen LogP contribution < -0.4 is 16.0 Å². The summed E-state index contributed by atoms with van der Waals surface area (Å²) in [6.07, 6.45) is 1.56. The zero-order chi connectivity index (χ0) is 33.4. The predicted octanol–water partition coefficient (Wildman–Crippen LogP) is 2.75. The maximum absolute atomic E-state index is 13.5. The Morgan fingerprint density at radius 2 is 1.83 bits per heavy atom. The van der Waals surface area contributed by atoms with Crippen LogP contribution in [0, 0.1) is 12.8 Å². The molecule has 2 atom stereocenters. The van der Waals surface area contributed by atoms with Crippen LogP contribution >= 0.6 is 11.3 Å². The van der Waals surface area contributed by atoms with E-state index in [9.17, 15) is 27.6 Å². The third-order valence-corrected chi connectivity index (χ3v) is 9.33. The molecule has 4 rings (SSSR count). The van der Waals surface area contributed by atoms with Crippen molar-refractivity contribution in [3.8, 4) is 0 Å². The predicted molar refractivity (Wildman–Crippen MR) is 172 cm³/mol. The fourth-order valence-corrected chi connectivity index (χ4v) is 6.53. The van der Waals surface area contributed by atoms with Crippen molar-refractivity contribution in [1.82, 2.24) is 30.8 Å². The molecule has 4 amide bonds. The van der Waals surface area contributed by atoms with Gasteiger partial charge in [-0.05, 0) is 24.8 Å². The largest absolute Gasteiger partial charge is 0.443 e. The molecule has 3 heterocycles. The summed E-state index contributed by atoms with van der Waals surface area (Å²) in [6, 6.07) is 8.30.